The first kappa shape index (κ1) is 16.7. The standard InChI is InChI=1S/C17H21N3O3/c1-13(2)10-18-15(21)12-20-16(22)8-9-19(17(20)23)11-14-6-4-3-5-7-14/h3-9,13H,10-12H2,1-2H3,(H,18,21). The molecule has 1 aromatic heterocycles. The Morgan fingerprint density at radius 3 is 2.48 bits per heavy atom. The molecule has 1 N–H and O–H groups in total. The van der Waals surface area contributed by atoms with Crippen LogP contribution in [0.1, 0.15) is 19.4 Å². The summed E-state index contributed by atoms with van der Waals surface area (Å²) < 4.78 is 2.38. The molecule has 0 aliphatic heterocycles. The molecule has 0 aliphatic rings. The maximum Gasteiger partial charge on any atom is 0.331 e. The molecule has 2 aromatic rings. The molecule has 0 fully saturated rings. The van der Waals surface area contributed by atoms with Crippen LogP contribution in [0.3, 0.4) is 0 Å². The van der Waals surface area contributed by atoms with Crippen molar-refractivity contribution < 1.29 is 4.79 Å². The Kier molecular flexibility index (Phi) is 5.51. The summed E-state index contributed by atoms with van der Waals surface area (Å²) in [4.78, 5) is 36.2. The minimum absolute atomic E-state index is 0.264. The van der Waals surface area contributed by atoms with Crippen molar-refractivity contribution in [1.82, 2.24) is 14.5 Å². The minimum atomic E-state index is -0.485. The van der Waals surface area contributed by atoms with Crippen molar-refractivity contribution in [3.05, 3.63) is 69.0 Å². The SMILES string of the molecule is CC(C)CNC(=O)Cn1c(=O)ccn(Cc2ccccc2)c1=O. The quantitative estimate of drug-likeness (QED) is 0.858. The lowest BCUT2D eigenvalue weighted by molar-refractivity contribution is -0.121. The molecule has 2 rings (SSSR count). The van der Waals surface area contributed by atoms with Gasteiger partial charge in [-0.1, -0.05) is 44.2 Å². The van der Waals surface area contributed by atoms with E-state index in [1.165, 1.54) is 16.8 Å². The Morgan fingerprint density at radius 1 is 1.13 bits per heavy atom. The number of carbonyl (C=O) groups is 1. The van der Waals surface area contributed by atoms with Crippen LogP contribution in [0.2, 0.25) is 0 Å². The van der Waals surface area contributed by atoms with Gasteiger partial charge in [0.05, 0.1) is 6.54 Å². The maximum atomic E-state index is 12.4. The van der Waals surface area contributed by atoms with Gasteiger partial charge in [-0.15, -0.1) is 0 Å². The van der Waals surface area contributed by atoms with Crippen LogP contribution in [0.25, 0.3) is 0 Å². The maximum absolute atomic E-state index is 12.4. The first-order valence-corrected chi connectivity index (χ1v) is 7.58. The molecule has 0 bridgehead atoms. The lowest BCUT2D eigenvalue weighted by Crippen LogP contribution is -2.43. The Labute approximate surface area is 134 Å². The van der Waals surface area contributed by atoms with E-state index < -0.39 is 11.2 Å². The second kappa shape index (κ2) is 7.58. The molecule has 0 saturated heterocycles. The van der Waals surface area contributed by atoms with Gasteiger partial charge < -0.3 is 5.32 Å². The first-order chi connectivity index (χ1) is 11.0. The zero-order valence-electron chi connectivity index (χ0n) is 13.4. The molecule has 6 heteroatoms. The number of nitrogens with one attached hydrogen (secondary N) is 1. The molecular formula is C17H21N3O3. The van der Waals surface area contributed by atoms with Crippen LogP contribution in [0.15, 0.2) is 52.2 Å². The smallest absolute Gasteiger partial charge is 0.331 e. The minimum Gasteiger partial charge on any atom is -0.354 e. The number of hydrogen-bond donors (Lipinski definition) is 1. The largest absolute Gasteiger partial charge is 0.354 e. The third kappa shape index (κ3) is 4.67. The molecule has 0 aliphatic carbocycles. The zero-order chi connectivity index (χ0) is 16.8. The van der Waals surface area contributed by atoms with E-state index in [-0.39, 0.29) is 12.5 Å². The van der Waals surface area contributed by atoms with Gasteiger partial charge in [-0.05, 0) is 11.5 Å². The molecule has 1 heterocycles. The highest BCUT2D eigenvalue weighted by Gasteiger charge is 2.10. The fourth-order valence-electron chi connectivity index (χ4n) is 2.12. The molecule has 1 aromatic carbocycles. The van der Waals surface area contributed by atoms with E-state index in [1.807, 2.05) is 44.2 Å². The highest BCUT2D eigenvalue weighted by Crippen LogP contribution is 1.99. The van der Waals surface area contributed by atoms with Gasteiger partial charge in [0.2, 0.25) is 5.91 Å². The zero-order valence-corrected chi connectivity index (χ0v) is 13.4. The highest BCUT2D eigenvalue weighted by atomic mass is 16.2. The van der Waals surface area contributed by atoms with Crippen LogP contribution in [-0.2, 0) is 17.9 Å². The van der Waals surface area contributed by atoms with E-state index in [2.05, 4.69) is 5.32 Å². The van der Waals surface area contributed by atoms with Crippen LogP contribution in [-0.4, -0.2) is 21.6 Å². The van der Waals surface area contributed by atoms with E-state index in [1.54, 1.807) is 0 Å². The molecule has 122 valence electrons. The number of hydrogen-bond acceptors (Lipinski definition) is 3. The normalized spacial score (nSPS) is 10.7. The van der Waals surface area contributed by atoms with Crippen LogP contribution in [0.5, 0.6) is 0 Å². The number of benzene rings is 1. The van der Waals surface area contributed by atoms with Gasteiger partial charge >= 0.3 is 5.69 Å². The van der Waals surface area contributed by atoms with E-state index in [0.717, 1.165) is 10.1 Å². The summed E-state index contributed by atoms with van der Waals surface area (Å²) in [5, 5.41) is 2.71. The second-order valence-corrected chi connectivity index (χ2v) is 5.83. The third-order valence-corrected chi connectivity index (χ3v) is 3.34. The second-order valence-electron chi connectivity index (χ2n) is 5.83. The predicted octanol–water partition coefficient (Wildman–Crippen LogP) is 0.830. The molecule has 6 nitrogen and oxygen atoms in total. The lowest BCUT2D eigenvalue weighted by Gasteiger charge is -2.11. The Bertz CT molecular complexity index is 776. The predicted molar refractivity (Wildman–Crippen MR) is 88.4 cm³/mol. The summed E-state index contributed by atoms with van der Waals surface area (Å²) in [7, 11) is 0. The molecule has 1 amide bonds. The van der Waals surface area contributed by atoms with Crippen LogP contribution in [0, 0.1) is 5.92 Å². The fraction of sp³-hybridized carbons (Fsp3) is 0.353. The topological polar surface area (TPSA) is 73.1 Å². The first-order valence-electron chi connectivity index (χ1n) is 7.58. The van der Waals surface area contributed by atoms with Crippen LogP contribution in [0.4, 0.5) is 0 Å². The Balaban J connectivity index is 2.20. The third-order valence-electron chi connectivity index (χ3n) is 3.34. The average molecular weight is 315 g/mol. The van der Waals surface area contributed by atoms with Crippen molar-refractivity contribution in [1.29, 1.82) is 0 Å². The molecule has 0 saturated carbocycles. The summed E-state index contributed by atoms with van der Waals surface area (Å²) in [6.45, 7) is 4.55. The Hall–Kier alpha value is -2.63. The highest BCUT2D eigenvalue weighted by molar-refractivity contribution is 5.75. The molecule has 23 heavy (non-hydrogen) atoms. The number of amides is 1. The molecular weight excluding hydrogens is 294 g/mol. The van der Waals surface area contributed by atoms with Crippen molar-refractivity contribution in [3.8, 4) is 0 Å². The Morgan fingerprint density at radius 2 is 1.83 bits per heavy atom. The molecule has 0 atom stereocenters. The molecule has 0 unspecified atom stereocenters. The number of aromatic nitrogens is 2. The van der Waals surface area contributed by atoms with Crippen molar-refractivity contribution >= 4 is 5.91 Å². The summed E-state index contributed by atoms with van der Waals surface area (Å²) in [6.07, 6.45) is 1.46. The fourth-order valence-corrected chi connectivity index (χ4v) is 2.12. The summed E-state index contributed by atoms with van der Waals surface area (Å²) in [5.74, 6) is -0.0310. The number of rotatable bonds is 6. The molecule has 0 spiro atoms. The van der Waals surface area contributed by atoms with Gasteiger partial charge in [0.25, 0.3) is 5.56 Å². The van der Waals surface area contributed by atoms with E-state index in [4.69, 9.17) is 0 Å². The van der Waals surface area contributed by atoms with Crippen molar-refractivity contribution in [2.45, 2.75) is 26.9 Å². The monoisotopic (exact) mass is 315 g/mol. The van der Waals surface area contributed by atoms with E-state index >= 15 is 0 Å². The summed E-state index contributed by atoms with van der Waals surface area (Å²) >= 11 is 0. The summed E-state index contributed by atoms with van der Waals surface area (Å²) in [5.41, 5.74) is -0.0101. The number of carbonyl (C=O) groups excluding carboxylic acids is 1. The van der Waals surface area contributed by atoms with Crippen LogP contribution < -0.4 is 16.6 Å². The molecule has 0 radical (unpaired) electrons. The van der Waals surface area contributed by atoms with Crippen LogP contribution >= 0.6 is 0 Å². The van der Waals surface area contributed by atoms with Crippen molar-refractivity contribution in [2.24, 2.45) is 5.92 Å². The van der Waals surface area contributed by atoms with Crippen molar-refractivity contribution in [3.63, 3.8) is 0 Å². The summed E-state index contributed by atoms with van der Waals surface area (Å²) in [6, 6.07) is 10.8. The van der Waals surface area contributed by atoms with Gasteiger partial charge in [0, 0.05) is 18.8 Å². The van der Waals surface area contributed by atoms with E-state index in [9.17, 15) is 14.4 Å². The number of nitrogens with zero attached hydrogens (tertiary/aromatic N) is 2. The van der Waals surface area contributed by atoms with Gasteiger partial charge in [-0.25, -0.2) is 4.79 Å². The average Bonchev–Trinajstić information content (AvgIpc) is 2.53. The van der Waals surface area contributed by atoms with Gasteiger partial charge in [-0.2, -0.15) is 0 Å². The van der Waals surface area contributed by atoms with Gasteiger partial charge in [0.1, 0.15) is 6.54 Å². The van der Waals surface area contributed by atoms with Gasteiger partial charge in [0.15, 0.2) is 0 Å². The van der Waals surface area contributed by atoms with E-state index in [0.29, 0.717) is 19.0 Å². The van der Waals surface area contributed by atoms with Crippen molar-refractivity contribution in [2.75, 3.05) is 6.54 Å². The lowest BCUT2D eigenvalue weighted by atomic mass is 10.2. The van der Waals surface area contributed by atoms with Gasteiger partial charge in [-0.3, -0.25) is 18.7 Å².